The number of hydrogen-bond acceptors (Lipinski definition) is 2. The number of nitrogens with zero attached hydrogens (tertiary/aromatic N) is 1. The van der Waals surface area contributed by atoms with E-state index < -0.39 is 5.95 Å². The van der Waals surface area contributed by atoms with Gasteiger partial charge in [-0.25, -0.2) is 4.98 Å². The SMILES string of the molecule is O=C1NC(c2ccc(F)nc2)c2ccccc21. The zero-order chi connectivity index (χ0) is 11.8. The fraction of sp³-hybridized carbons (Fsp3) is 0.0769. The molecule has 4 heteroatoms. The summed E-state index contributed by atoms with van der Waals surface area (Å²) < 4.78 is 12.7. The van der Waals surface area contributed by atoms with E-state index in [9.17, 15) is 9.18 Å². The molecule has 1 N–H and O–H groups in total. The fourth-order valence-electron chi connectivity index (χ4n) is 2.06. The predicted molar refractivity (Wildman–Crippen MR) is 59.9 cm³/mol. The largest absolute Gasteiger partial charge is 0.341 e. The summed E-state index contributed by atoms with van der Waals surface area (Å²) in [7, 11) is 0. The first-order valence-corrected chi connectivity index (χ1v) is 5.27. The number of fused-ring (bicyclic) bond motifs is 1. The van der Waals surface area contributed by atoms with E-state index in [1.807, 2.05) is 18.2 Å². The molecule has 17 heavy (non-hydrogen) atoms. The van der Waals surface area contributed by atoms with Crippen LogP contribution in [0.5, 0.6) is 0 Å². The average Bonchev–Trinajstić information content (AvgIpc) is 2.69. The van der Waals surface area contributed by atoms with Gasteiger partial charge in [-0.2, -0.15) is 4.39 Å². The molecule has 0 bridgehead atoms. The second kappa shape index (κ2) is 3.66. The molecule has 1 unspecified atom stereocenters. The van der Waals surface area contributed by atoms with Gasteiger partial charge in [0.2, 0.25) is 5.95 Å². The summed E-state index contributed by atoms with van der Waals surface area (Å²) in [6.45, 7) is 0. The summed E-state index contributed by atoms with van der Waals surface area (Å²) in [5.74, 6) is -0.624. The number of amides is 1. The Morgan fingerprint density at radius 3 is 2.76 bits per heavy atom. The average molecular weight is 228 g/mol. The predicted octanol–water partition coefficient (Wildman–Crippen LogP) is 2.05. The molecule has 0 saturated carbocycles. The van der Waals surface area contributed by atoms with E-state index in [2.05, 4.69) is 10.3 Å². The zero-order valence-electron chi connectivity index (χ0n) is 8.85. The summed E-state index contributed by atoms with van der Waals surface area (Å²) in [5.41, 5.74) is 2.36. The summed E-state index contributed by atoms with van der Waals surface area (Å²) in [4.78, 5) is 15.3. The van der Waals surface area contributed by atoms with E-state index in [4.69, 9.17) is 0 Å². The van der Waals surface area contributed by atoms with Gasteiger partial charge in [0.15, 0.2) is 0 Å². The van der Waals surface area contributed by atoms with Crippen LogP contribution in [-0.4, -0.2) is 10.9 Å². The Hall–Kier alpha value is -2.23. The molecule has 1 aromatic heterocycles. The first-order chi connectivity index (χ1) is 8.25. The van der Waals surface area contributed by atoms with Crippen molar-refractivity contribution >= 4 is 5.91 Å². The van der Waals surface area contributed by atoms with Crippen LogP contribution in [0.1, 0.15) is 27.5 Å². The van der Waals surface area contributed by atoms with Gasteiger partial charge >= 0.3 is 0 Å². The molecule has 0 saturated heterocycles. The highest BCUT2D eigenvalue weighted by atomic mass is 19.1. The molecule has 1 aliphatic rings. The van der Waals surface area contributed by atoms with Gasteiger partial charge in [-0.15, -0.1) is 0 Å². The maximum atomic E-state index is 12.7. The molecule has 84 valence electrons. The van der Waals surface area contributed by atoms with Crippen molar-refractivity contribution in [3.63, 3.8) is 0 Å². The lowest BCUT2D eigenvalue weighted by atomic mass is 10.00. The van der Waals surface area contributed by atoms with Gasteiger partial charge in [-0.3, -0.25) is 4.79 Å². The molecular weight excluding hydrogens is 219 g/mol. The minimum atomic E-state index is -0.522. The zero-order valence-corrected chi connectivity index (χ0v) is 8.85. The number of halogens is 1. The van der Waals surface area contributed by atoms with Crippen LogP contribution in [0, 0.1) is 5.95 Å². The summed E-state index contributed by atoms with van der Waals surface area (Å²) in [6, 6.07) is 10.1. The Bertz CT molecular complexity index is 580. The van der Waals surface area contributed by atoms with E-state index in [1.54, 1.807) is 12.1 Å². The fourth-order valence-corrected chi connectivity index (χ4v) is 2.06. The van der Waals surface area contributed by atoms with Crippen molar-refractivity contribution in [3.05, 3.63) is 65.2 Å². The Labute approximate surface area is 97.3 Å². The van der Waals surface area contributed by atoms with Crippen molar-refractivity contribution in [1.29, 1.82) is 0 Å². The first kappa shape index (κ1) is 9.96. The molecule has 2 aromatic rings. The lowest BCUT2D eigenvalue weighted by Crippen LogP contribution is -2.19. The normalized spacial score (nSPS) is 17.7. The minimum absolute atomic E-state index is 0.102. The quantitative estimate of drug-likeness (QED) is 0.759. The van der Waals surface area contributed by atoms with Gasteiger partial charge in [-0.1, -0.05) is 24.3 Å². The number of carbonyl (C=O) groups is 1. The Balaban J connectivity index is 2.07. The molecule has 1 atom stereocenters. The van der Waals surface area contributed by atoms with E-state index >= 15 is 0 Å². The summed E-state index contributed by atoms with van der Waals surface area (Å²) in [6.07, 6.45) is 1.45. The van der Waals surface area contributed by atoms with Crippen molar-refractivity contribution < 1.29 is 9.18 Å². The van der Waals surface area contributed by atoms with Gasteiger partial charge in [0.1, 0.15) is 0 Å². The highest BCUT2D eigenvalue weighted by Gasteiger charge is 2.29. The van der Waals surface area contributed by atoms with Crippen molar-refractivity contribution in [2.24, 2.45) is 0 Å². The number of carbonyl (C=O) groups excluding carboxylic acids is 1. The Morgan fingerprint density at radius 1 is 1.18 bits per heavy atom. The number of aromatic nitrogens is 1. The molecule has 1 aromatic carbocycles. The van der Waals surface area contributed by atoms with Crippen LogP contribution in [-0.2, 0) is 0 Å². The van der Waals surface area contributed by atoms with Crippen LogP contribution < -0.4 is 5.32 Å². The van der Waals surface area contributed by atoms with Crippen LogP contribution in [0.3, 0.4) is 0 Å². The van der Waals surface area contributed by atoms with E-state index in [0.29, 0.717) is 5.56 Å². The molecule has 0 fully saturated rings. The van der Waals surface area contributed by atoms with Crippen LogP contribution in [0.15, 0.2) is 42.6 Å². The van der Waals surface area contributed by atoms with Gasteiger partial charge in [-0.05, 0) is 23.3 Å². The number of rotatable bonds is 1. The van der Waals surface area contributed by atoms with E-state index in [-0.39, 0.29) is 11.9 Å². The Morgan fingerprint density at radius 2 is 2.00 bits per heavy atom. The van der Waals surface area contributed by atoms with Crippen LogP contribution in [0.25, 0.3) is 0 Å². The van der Waals surface area contributed by atoms with E-state index in [1.165, 1.54) is 12.3 Å². The third-order valence-corrected chi connectivity index (χ3v) is 2.88. The topological polar surface area (TPSA) is 42.0 Å². The van der Waals surface area contributed by atoms with Gasteiger partial charge in [0, 0.05) is 11.8 Å². The van der Waals surface area contributed by atoms with Crippen LogP contribution in [0.2, 0.25) is 0 Å². The van der Waals surface area contributed by atoms with Gasteiger partial charge < -0.3 is 5.32 Å². The second-order valence-corrected chi connectivity index (χ2v) is 3.91. The minimum Gasteiger partial charge on any atom is -0.341 e. The molecule has 3 nitrogen and oxygen atoms in total. The summed E-state index contributed by atoms with van der Waals surface area (Å²) in [5, 5.41) is 2.85. The second-order valence-electron chi connectivity index (χ2n) is 3.91. The van der Waals surface area contributed by atoms with E-state index in [0.717, 1.165) is 11.1 Å². The highest BCUT2D eigenvalue weighted by molar-refractivity contribution is 5.99. The number of nitrogens with one attached hydrogen (secondary N) is 1. The standard InChI is InChI=1S/C13H9FN2O/c14-11-6-5-8(7-15-11)12-9-3-1-2-4-10(9)13(17)16-12/h1-7,12H,(H,16,17). The van der Waals surface area contributed by atoms with Crippen molar-refractivity contribution in [2.45, 2.75) is 6.04 Å². The molecule has 2 heterocycles. The third-order valence-electron chi connectivity index (χ3n) is 2.88. The summed E-state index contributed by atoms with van der Waals surface area (Å²) >= 11 is 0. The smallest absolute Gasteiger partial charge is 0.252 e. The monoisotopic (exact) mass is 228 g/mol. The van der Waals surface area contributed by atoms with Crippen molar-refractivity contribution in [1.82, 2.24) is 10.3 Å². The first-order valence-electron chi connectivity index (χ1n) is 5.27. The van der Waals surface area contributed by atoms with Crippen LogP contribution >= 0.6 is 0 Å². The molecule has 0 radical (unpaired) electrons. The molecular formula is C13H9FN2O. The molecule has 0 spiro atoms. The number of benzene rings is 1. The molecule has 0 aliphatic carbocycles. The highest BCUT2D eigenvalue weighted by Crippen LogP contribution is 2.30. The number of pyridine rings is 1. The van der Waals surface area contributed by atoms with Gasteiger partial charge in [0.25, 0.3) is 5.91 Å². The molecule has 1 aliphatic heterocycles. The lowest BCUT2D eigenvalue weighted by molar-refractivity contribution is 0.0960. The lowest BCUT2D eigenvalue weighted by Gasteiger charge is -2.11. The third kappa shape index (κ3) is 1.58. The maximum absolute atomic E-state index is 12.7. The van der Waals surface area contributed by atoms with Crippen LogP contribution in [0.4, 0.5) is 4.39 Å². The van der Waals surface area contributed by atoms with Gasteiger partial charge in [0.05, 0.1) is 6.04 Å². The molecule has 3 rings (SSSR count). The molecule has 1 amide bonds. The Kier molecular flexibility index (Phi) is 2.14. The number of hydrogen-bond donors (Lipinski definition) is 1. The van der Waals surface area contributed by atoms with Crippen molar-refractivity contribution in [2.75, 3.05) is 0 Å². The maximum Gasteiger partial charge on any atom is 0.252 e. The van der Waals surface area contributed by atoms with Crippen molar-refractivity contribution in [3.8, 4) is 0 Å².